The maximum absolute atomic E-state index is 9.06. The van der Waals surface area contributed by atoms with Gasteiger partial charge in [-0.05, 0) is 17.7 Å². The van der Waals surface area contributed by atoms with Crippen molar-refractivity contribution in [2.75, 3.05) is 13.1 Å². The molecule has 1 saturated heterocycles. The number of β-amino-alcohol motifs (C(OH)–C–C–N with tert-alkyl or cyclic N) is 1. The van der Waals surface area contributed by atoms with Gasteiger partial charge in [0, 0.05) is 19.6 Å². The van der Waals surface area contributed by atoms with Crippen LogP contribution in [0.15, 0.2) is 24.3 Å². The molecule has 70 valence electrons. The van der Waals surface area contributed by atoms with Gasteiger partial charge in [0.1, 0.15) is 5.75 Å². The van der Waals surface area contributed by atoms with Gasteiger partial charge in [0.15, 0.2) is 0 Å². The van der Waals surface area contributed by atoms with E-state index >= 15 is 0 Å². The van der Waals surface area contributed by atoms with Crippen molar-refractivity contribution in [2.45, 2.75) is 12.6 Å². The molecule has 0 aliphatic carbocycles. The van der Waals surface area contributed by atoms with Crippen LogP contribution < -0.4 is 0 Å². The minimum Gasteiger partial charge on any atom is -0.508 e. The van der Waals surface area contributed by atoms with E-state index in [1.54, 1.807) is 12.1 Å². The number of phenols is 1. The Morgan fingerprint density at radius 3 is 2.38 bits per heavy atom. The van der Waals surface area contributed by atoms with Crippen LogP contribution in [0.5, 0.6) is 5.75 Å². The van der Waals surface area contributed by atoms with Gasteiger partial charge in [-0.25, -0.2) is 0 Å². The van der Waals surface area contributed by atoms with E-state index in [-0.39, 0.29) is 6.10 Å². The average Bonchev–Trinajstić information content (AvgIpc) is 2.06. The molecule has 0 unspecified atom stereocenters. The normalized spacial score (nSPS) is 18.5. The van der Waals surface area contributed by atoms with Crippen molar-refractivity contribution in [2.24, 2.45) is 0 Å². The van der Waals surface area contributed by atoms with E-state index in [2.05, 4.69) is 4.90 Å². The number of rotatable bonds is 2. The van der Waals surface area contributed by atoms with Crippen LogP contribution in [0.4, 0.5) is 0 Å². The fraction of sp³-hybridized carbons (Fsp3) is 0.400. The van der Waals surface area contributed by atoms with E-state index in [0.717, 1.165) is 19.6 Å². The third-order valence-corrected chi connectivity index (χ3v) is 2.28. The van der Waals surface area contributed by atoms with Gasteiger partial charge in [-0.2, -0.15) is 0 Å². The van der Waals surface area contributed by atoms with Crippen molar-refractivity contribution in [3.8, 4) is 5.75 Å². The van der Waals surface area contributed by atoms with Crippen molar-refractivity contribution < 1.29 is 10.2 Å². The zero-order chi connectivity index (χ0) is 9.26. The summed E-state index contributed by atoms with van der Waals surface area (Å²) in [6.45, 7) is 2.39. The van der Waals surface area contributed by atoms with Crippen molar-refractivity contribution in [1.82, 2.24) is 4.90 Å². The molecule has 0 bridgehead atoms. The number of nitrogens with zero attached hydrogens (tertiary/aromatic N) is 1. The molecule has 1 heterocycles. The molecule has 1 aromatic rings. The van der Waals surface area contributed by atoms with Gasteiger partial charge in [-0.3, -0.25) is 4.90 Å². The molecule has 0 radical (unpaired) electrons. The van der Waals surface area contributed by atoms with Crippen molar-refractivity contribution in [3.05, 3.63) is 29.8 Å². The van der Waals surface area contributed by atoms with Gasteiger partial charge < -0.3 is 10.2 Å². The number of hydrogen-bond acceptors (Lipinski definition) is 3. The van der Waals surface area contributed by atoms with Crippen LogP contribution in [-0.4, -0.2) is 34.3 Å². The van der Waals surface area contributed by atoms with Crippen LogP contribution >= 0.6 is 0 Å². The number of aromatic hydroxyl groups is 1. The van der Waals surface area contributed by atoms with Crippen LogP contribution in [0.3, 0.4) is 0 Å². The van der Waals surface area contributed by atoms with Crippen LogP contribution in [-0.2, 0) is 6.54 Å². The Hall–Kier alpha value is -1.06. The maximum Gasteiger partial charge on any atom is 0.115 e. The quantitative estimate of drug-likeness (QED) is 0.697. The van der Waals surface area contributed by atoms with E-state index in [9.17, 15) is 0 Å². The number of phenolic OH excluding ortho intramolecular Hbond substituents is 1. The van der Waals surface area contributed by atoms with E-state index in [1.807, 2.05) is 12.1 Å². The molecule has 0 amide bonds. The lowest BCUT2D eigenvalue weighted by atomic mass is 10.1. The summed E-state index contributed by atoms with van der Waals surface area (Å²) >= 11 is 0. The molecule has 2 rings (SSSR count). The van der Waals surface area contributed by atoms with Crippen molar-refractivity contribution in [3.63, 3.8) is 0 Å². The van der Waals surface area contributed by atoms with E-state index < -0.39 is 0 Å². The molecule has 13 heavy (non-hydrogen) atoms. The minimum atomic E-state index is -0.142. The minimum absolute atomic E-state index is 0.142. The van der Waals surface area contributed by atoms with Gasteiger partial charge in [0.2, 0.25) is 0 Å². The molecule has 0 atom stereocenters. The number of likely N-dealkylation sites (tertiary alicyclic amines) is 1. The first-order valence-electron chi connectivity index (χ1n) is 4.42. The lowest BCUT2D eigenvalue weighted by molar-refractivity contribution is -0.00287. The summed E-state index contributed by atoms with van der Waals surface area (Å²) in [6, 6.07) is 7.18. The second-order valence-corrected chi connectivity index (χ2v) is 3.51. The monoisotopic (exact) mass is 179 g/mol. The number of hydrogen-bond donors (Lipinski definition) is 2. The predicted molar refractivity (Wildman–Crippen MR) is 49.4 cm³/mol. The SMILES string of the molecule is Oc1ccc(CN2CC(O)C2)cc1. The molecule has 1 aromatic carbocycles. The number of aliphatic hydroxyl groups is 1. The summed E-state index contributed by atoms with van der Waals surface area (Å²) in [6.07, 6.45) is -0.142. The zero-order valence-electron chi connectivity index (χ0n) is 7.35. The van der Waals surface area contributed by atoms with E-state index in [1.165, 1.54) is 5.56 Å². The Morgan fingerprint density at radius 1 is 1.23 bits per heavy atom. The highest BCUT2D eigenvalue weighted by Gasteiger charge is 2.23. The summed E-state index contributed by atoms with van der Waals surface area (Å²) in [5.41, 5.74) is 1.17. The molecular formula is C10H13NO2. The maximum atomic E-state index is 9.06. The number of benzene rings is 1. The molecule has 0 saturated carbocycles. The Bertz CT molecular complexity index is 277. The molecule has 0 spiro atoms. The molecule has 1 aliphatic heterocycles. The van der Waals surface area contributed by atoms with Crippen LogP contribution in [0.25, 0.3) is 0 Å². The molecule has 3 nitrogen and oxygen atoms in total. The smallest absolute Gasteiger partial charge is 0.115 e. The lowest BCUT2D eigenvalue weighted by Gasteiger charge is -2.35. The Labute approximate surface area is 77.2 Å². The Kier molecular flexibility index (Phi) is 2.20. The highest BCUT2D eigenvalue weighted by atomic mass is 16.3. The highest BCUT2D eigenvalue weighted by Crippen LogP contribution is 2.15. The average molecular weight is 179 g/mol. The van der Waals surface area contributed by atoms with E-state index in [0.29, 0.717) is 5.75 Å². The summed E-state index contributed by atoms with van der Waals surface area (Å²) in [5.74, 6) is 0.299. The topological polar surface area (TPSA) is 43.7 Å². The van der Waals surface area contributed by atoms with Crippen molar-refractivity contribution in [1.29, 1.82) is 0 Å². The molecule has 1 aliphatic rings. The number of aliphatic hydroxyl groups excluding tert-OH is 1. The Balaban J connectivity index is 1.91. The summed E-state index contributed by atoms with van der Waals surface area (Å²) < 4.78 is 0. The third-order valence-electron chi connectivity index (χ3n) is 2.28. The third kappa shape index (κ3) is 1.99. The zero-order valence-corrected chi connectivity index (χ0v) is 7.35. The first kappa shape index (κ1) is 8.53. The molecular weight excluding hydrogens is 166 g/mol. The largest absolute Gasteiger partial charge is 0.508 e. The fourth-order valence-corrected chi connectivity index (χ4v) is 1.53. The second kappa shape index (κ2) is 3.36. The first-order chi connectivity index (χ1) is 6.24. The summed E-state index contributed by atoms with van der Waals surface area (Å²) in [7, 11) is 0. The van der Waals surface area contributed by atoms with Gasteiger partial charge in [-0.15, -0.1) is 0 Å². The molecule has 3 heteroatoms. The first-order valence-corrected chi connectivity index (χ1v) is 4.42. The fourth-order valence-electron chi connectivity index (χ4n) is 1.53. The van der Waals surface area contributed by atoms with Crippen LogP contribution in [0, 0.1) is 0 Å². The summed E-state index contributed by atoms with van der Waals surface area (Å²) in [5, 5.41) is 18.1. The predicted octanol–water partition coefficient (Wildman–Crippen LogP) is 0.569. The summed E-state index contributed by atoms with van der Waals surface area (Å²) in [4.78, 5) is 2.16. The Morgan fingerprint density at radius 2 is 1.85 bits per heavy atom. The second-order valence-electron chi connectivity index (χ2n) is 3.51. The van der Waals surface area contributed by atoms with Crippen LogP contribution in [0.2, 0.25) is 0 Å². The van der Waals surface area contributed by atoms with Crippen molar-refractivity contribution >= 4 is 0 Å². The van der Waals surface area contributed by atoms with Gasteiger partial charge >= 0.3 is 0 Å². The molecule has 2 N–H and O–H groups in total. The molecule has 0 aromatic heterocycles. The van der Waals surface area contributed by atoms with Gasteiger partial charge in [0.25, 0.3) is 0 Å². The lowest BCUT2D eigenvalue weighted by Crippen LogP contribution is -2.49. The van der Waals surface area contributed by atoms with Crippen LogP contribution in [0.1, 0.15) is 5.56 Å². The standard InChI is InChI=1S/C10H13NO2/c12-9-3-1-8(2-4-9)5-11-6-10(13)7-11/h1-4,10,12-13H,5-7H2. The van der Waals surface area contributed by atoms with Gasteiger partial charge in [0.05, 0.1) is 6.10 Å². The van der Waals surface area contributed by atoms with Gasteiger partial charge in [-0.1, -0.05) is 12.1 Å². The van der Waals surface area contributed by atoms with E-state index in [4.69, 9.17) is 10.2 Å². The molecule has 1 fully saturated rings. The highest BCUT2D eigenvalue weighted by molar-refractivity contribution is 5.25.